The van der Waals surface area contributed by atoms with Crippen LogP contribution in [0.3, 0.4) is 0 Å². The largest absolute Gasteiger partial charge is 0.505 e. The standard InChI is InChI=1S/C36H35FN2O4/c1-19-25-8-10-28(19)39(18-25)36(41)26-15-32(42-3)34-20(2)35(43-33(34)16-26)30-14-24-7-6-23(22-9-11-31(40)27(37)12-22)13-29(24)38(30)17-21-4-5-21/h6-7,9,11-16,19,21,25,28,40H,4-5,8,10,17-18H2,1-3H3. The summed E-state index contributed by atoms with van der Waals surface area (Å²) in [4.78, 5) is 15.8. The number of hydrogen-bond donors (Lipinski definition) is 1. The van der Waals surface area contributed by atoms with Gasteiger partial charge in [-0.1, -0.05) is 25.1 Å². The second kappa shape index (κ2) is 9.63. The average molecular weight is 579 g/mol. The van der Waals surface area contributed by atoms with Gasteiger partial charge in [0.1, 0.15) is 11.3 Å². The number of piperidine rings is 1. The number of fused-ring (bicyclic) bond motifs is 4. The molecule has 0 radical (unpaired) electrons. The molecule has 220 valence electrons. The smallest absolute Gasteiger partial charge is 0.254 e. The van der Waals surface area contributed by atoms with Crippen molar-refractivity contribution in [1.82, 2.24) is 9.47 Å². The molecule has 3 heterocycles. The van der Waals surface area contributed by atoms with E-state index in [1.165, 1.54) is 31.4 Å². The number of aryl methyl sites for hydroxylation is 1. The van der Waals surface area contributed by atoms with Gasteiger partial charge in [0.25, 0.3) is 5.91 Å². The van der Waals surface area contributed by atoms with Crippen LogP contribution in [0, 0.1) is 30.5 Å². The fourth-order valence-electron chi connectivity index (χ4n) is 7.64. The Hall–Kier alpha value is -4.26. The van der Waals surface area contributed by atoms with Gasteiger partial charge in [-0.2, -0.15) is 0 Å². The van der Waals surface area contributed by atoms with Crippen molar-refractivity contribution in [3.8, 4) is 34.1 Å². The summed E-state index contributed by atoms with van der Waals surface area (Å²) in [5, 5.41) is 11.6. The zero-order chi connectivity index (χ0) is 29.6. The highest BCUT2D eigenvalue weighted by molar-refractivity contribution is 6.02. The summed E-state index contributed by atoms with van der Waals surface area (Å²) >= 11 is 0. The molecule has 3 aromatic carbocycles. The third kappa shape index (κ3) is 4.15. The SMILES string of the molecule is COc1cc(C(=O)N2CC3CCC2C3C)cc2oc(-c3cc4ccc(-c5ccc(O)c(F)c5)cc4n3CC3CC3)c(C)c12. The van der Waals surface area contributed by atoms with Crippen molar-refractivity contribution in [3.05, 3.63) is 71.5 Å². The van der Waals surface area contributed by atoms with E-state index in [0.29, 0.717) is 46.3 Å². The van der Waals surface area contributed by atoms with Gasteiger partial charge in [-0.05, 0) is 97.9 Å². The Bertz CT molecular complexity index is 1930. The van der Waals surface area contributed by atoms with Crippen LogP contribution < -0.4 is 4.74 Å². The van der Waals surface area contributed by atoms with Gasteiger partial charge in [0.15, 0.2) is 17.3 Å². The number of carbonyl (C=O) groups excluding carboxylic acids is 1. The number of ether oxygens (including phenoxy) is 1. The minimum absolute atomic E-state index is 0.0518. The Balaban J connectivity index is 1.24. The molecule has 0 spiro atoms. The number of phenolic OH excluding ortho intramolecular Hbond substituents is 1. The van der Waals surface area contributed by atoms with Crippen molar-refractivity contribution in [1.29, 1.82) is 0 Å². The van der Waals surface area contributed by atoms with Crippen LogP contribution in [0.5, 0.6) is 11.5 Å². The summed E-state index contributed by atoms with van der Waals surface area (Å²) in [5.74, 6) is 2.22. The first-order valence-electron chi connectivity index (χ1n) is 15.4. The number of carbonyl (C=O) groups is 1. The predicted molar refractivity (Wildman–Crippen MR) is 165 cm³/mol. The molecule has 5 aromatic rings. The lowest BCUT2D eigenvalue weighted by atomic mass is 10.0. The molecule has 7 heteroatoms. The van der Waals surface area contributed by atoms with Gasteiger partial charge in [-0.25, -0.2) is 4.39 Å². The lowest BCUT2D eigenvalue weighted by Gasteiger charge is -2.27. The Morgan fingerprint density at radius 2 is 1.84 bits per heavy atom. The highest BCUT2D eigenvalue weighted by Crippen LogP contribution is 2.45. The zero-order valence-electron chi connectivity index (χ0n) is 24.7. The first-order chi connectivity index (χ1) is 20.8. The van der Waals surface area contributed by atoms with E-state index in [0.717, 1.165) is 58.4 Å². The zero-order valence-corrected chi connectivity index (χ0v) is 24.7. The highest BCUT2D eigenvalue weighted by atomic mass is 19.1. The van der Waals surface area contributed by atoms with E-state index in [9.17, 15) is 14.3 Å². The summed E-state index contributed by atoms with van der Waals surface area (Å²) in [7, 11) is 1.65. The number of nitrogens with zero attached hydrogens (tertiary/aromatic N) is 2. The molecule has 6 nitrogen and oxygen atoms in total. The second-order valence-electron chi connectivity index (χ2n) is 12.9. The highest BCUT2D eigenvalue weighted by Gasteiger charge is 2.46. The van der Waals surface area contributed by atoms with Gasteiger partial charge in [-0.15, -0.1) is 0 Å². The van der Waals surface area contributed by atoms with Crippen LogP contribution in [-0.4, -0.2) is 40.2 Å². The maximum Gasteiger partial charge on any atom is 0.254 e. The fraction of sp³-hybridized carbons (Fsp3) is 0.361. The van der Waals surface area contributed by atoms with Crippen LogP contribution in [-0.2, 0) is 6.54 Å². The number of phenols is 1. The molecule has 1 N–H and O–H groups in total. The molecule has 1 amide bonds. The van der Waals surface area contributed by atoms with Gasteiger partial charge in [0.05, 0.1) is 18.2 Å². The normalized spacial score (nSPS) is 21.4. The van der Waals surface area contributed by atoms with Crippen LogP contribution >= 0.6 is 0 Å². The van der Waals surface area contributed by atoms with Crippen molar-refractivity contribution < 1.29 is 23.4 Å². The lowest BCUT2D eigenvalue weighted by molar-refractivity contribution is 0.0695. The average Bonchev–Trinajstić information content (AvgIpc) is 3.42. The number of furan rings is 1. The Morgan fingerprint density at radius 1 is 1.05 bits per heavy atom. The number of halogens is 1. The molecule has 3 fully saturated rings. The molecule has 3 atom stereocenters. The molecule has 2 saturated carbocycles. The fourth-order valence-corrected chi connectivity index (χ4v) is 7.64. The Kier molecular flexibility index (Phi) is 5.91. The van der Waals surface area contributed by atoms with E-state index in [-0.39, 0.29) is 11.7 Å². The second-order valence-corrected chi connectivity index (χ2v) is 12.9. The van der Waals surface area contributed by atoms with E-state index >= 15 is 0 Å². The van der Waals surface area contributed by atoms with Crippen molar-refractivity contribution in [2.24, 2.45) is 17.8 Å². The third-order valence-electron chi connectivity index (χ3n) is 10.3. The third-order valence-corrected chi connectivity index (χ3v) is 10.3. The number of likely N-dealkylation sites (tertiary alicyclic amines) is 1. The van der Waals surface area contributed by atoms with E-state index < -0.39 is 5.82 Å². The number of benzene rings is 3. The Morgan fingerprint density at radius 3 is 2.53 bits per heavy atom. The summed E-state index contributed by atoms with van der Waals surface area (Å²) in [6.45, 7) is 6.01. The van der Waals surface area contributed by atoms with Crippen molar-refractivity contribution in [3.63, 3.8) is 0 Å². The monoisotopic (exact) mass is 578 g/mol. The number of hydrogen-bond acceptors (Lipinski definition) is 4. The summed E-state index contributed by atoms with van der Waals surface area (Å²) in [6, 6.07) is 16.9. The molecule has 43 heavy (non-hydrogen) atoms. The van der Waals surface area contributed by atoms with Crippen LogP contribution in [0.1, 0.15) is 48.5 Å². The maximum absolute atomic E-state index is 14.2. The minimum atomic E-state index is -0.636. The quantitative estimate of drug-likeness (QED) is 0.221. The first kappa shape index (κ1) is 26.4. The van der Waals surface area contributed by atoms with Crippen LogP contribution in [0.25, 0.3) is 44.5 Å². The molecule has 3 aliphatic rings. The minimum Gasteiger partial charge on any atom is -0.505 e. The van der Waals surface area contributed by atoms with Gasteiger partial charge in [-0.3, -0.25) is 4.79 Å². The first-order valence-corrected chi connectivity index (χ1v) is 15.4. The van der Waals surface area contributed by atoms with E-state index in [2.05, 4.69) is 41.5 Å². The van der Waals surface area contributed by atoms with Gasteiger partial charge >= 0.3 is 0 Å². The molecule has 3 unspecified atom stereocenters. The van der Waals surface area contributed by atoms with Crippen molar-refractivity contribution in [2.75, 3.05) is 13.7 Å². The van der Waals surface area contributed by atoms with Crippen LogP contribution in [0.4, 0.5) is 4.39 Å². The molecular formula is C36H35FN2O4. The number of amides is 1. The number of methoxy groups -OCH3 is 1. The molecule has 2 aliphatic carbocycles. The molecule has 1 saturated heterocycles. The number of rotatable bonds is 6. The van der Waals surface area contributed by atoms with Crippen LogP contribution in [0.2, 0.25) is 0 Å². The number of aromatic hydroxyl groups is 1. The van der Waals surface area contributed by atoms with Crippen LogP contribution in [0.15, 0.2) is 59.0 Å². The molecule has 2 aromatic heterocycles. The Labute approximate surface area is 249 Å². The van der Waals surface area contributed by atoms with E-state index in [1.54, 1.807) is 13.2 Å². The maximum atomic E-state index is 14.2. The number of aromatic nitrogens is 1. The molecular weight excluding hydrogens is 543 g/mol. The summed E-state index contributed by atoms with van der Waals surface area (Å²) < 4.78 is 29.0. The summed E-state index contributed by atoms with van der Waals surface area (Å²) in [5.41, 5.74) is 5.84. The van der Waals surface area contributed by atoms with Crippen molar-refractivity contribution in [2.45, 2.75) is 52.1 Å². The lowest BCUT2D eigenvalue weighted by Crippen LogP contribution is -2.38. The summed E-state index contributed by atoms with van der Waals surface area (Å²) in [6.07, 6.45) is 4.67. The van der Waals surface area contributed by atoms with Gasteiger partial charge < -0.3 is 23.7 Å². The van der Waals surface area contributed by atoms with Gasteiger partial charge in [0, 0.05) is 41.2 Å². The topological polar surface area (TPSA) is 67.8 Å². The molecule has 1 aliphatic heterocycles. The van der Waals surface area contributed by atoms with Crippen molar-refractivity contribution >= 4 is 27.8 Å². The van der Waals surface area contributed by atoms with E-state index in [4.69, 9.17) is 9.15 Å². The van der Waals surface area contributed by atoms with E-state index in [1.807, 2.05) is 18.2 Å². The molecule has 2 bridgehead atoms. The predicted octanol–water partition coefficient (Wildman–Crippen LogP) is 8.16. The van der Waals surface area contributed by atoms with Gasteiger partial charge in [0.2, 0.25) is 0 Å². The molecule has 8 rings (SSSR count).